The minimum absolute atomic E-state index is 0.000757. The van der Waals surface area contributed by atoms with Crippen molar-refractivity contribution in [3.05, 3.63) is 30.1 Å². The Hall–Kier alpha value is -2.15. The molecule has 0 spiro atoms. The number of carbonyl (C=O) groups is 2. The number of amides is 3. The van der Waals surface area contributed by atoms with E-state index in [-0.39, 0.29) is 47.1 Å². The number of rotatable bonds is 5. The van der Waals surface area contributed by atoms with Gasteiger partial charge in [-0.3, -0.25) is 4.79 Å². The van der Waals surface area contributed by atoms with Crippen LogP contribution in [0.15, 0.2) is 24.3 Å². The molecule has 0 saturated heterocycles. The van der Waals surface area contributed by atoms with Crippen molar-refractivity contribution < 1.29 is 19.1 Å². The molecule has 3 fully saturated rings. The number of hydrogen-bond acceptors (Lipinski definition) is 3. The molecule has 0 bridgehead atoms. The summed E-state index contributed by atoms with van der Waals surface area (Å²) in [6, 6.07) is 5.67. The quantitative estimate of drug-likeness (QED) is 0.551. The number of benzene rings is 1. The minimum Gasteiger partial charge on any atom is -0.392 e. The summed E-state index contributed by atoms with van der Waals surface area (Å²) in [6.45, 7) is 6.27. The largest absolute Gasteiger partial charge is 0.392 e. The third-order valence-corrected chi connectivity index (χ3v) is 8.27. The molecule has 3 amide bonds. The maximum atomic E-state index is 13.4. The van der Waals surface area contributed by atoms with E-state index in [9.17, 15) is 19.1 Å². The van der Waals surface area contributed by atoms with Gasteiger partial charge in [-0.25, -0.2) is 9.18 Å². The predicted octanol–water partition coefficient (Wildman–Crippen LogP) is 4.05. The van der Waals surface area contributed by atoms with Crippen molar-refractivity contribution in [3.8, 4) is 0 Å². The molecule has 1 aromatic carbocycles. The van der Waals surface area contributed by atoms with E-state index < -0.39 is 11.9 Å². The SMILES string of the molecule is C[C@H]1[C@@H]2[C@@H](O)C([C@H](C)C(=O)NC3CC3)CC[C@@]2(C)CC[C@@H]1NC(=O)Nc1cccc(F)c1. The summed E-state index contributed by atoms with van der Waals surface area (Å²) in [4.78, 5) is 25.2. The summed E-state index contributed by atoms with van der Waals surface area (Å²) in [6.07, 6.45) is 5.09. The Labute approximate surface area is 189 Å². The second-order valence-corrected chi connectivity index (χ2v) is 10.6. The van der Waals surface area contributed by atoms with Crippen LogP contribution in [0.5, 0.6) is 0 Å². The first kappa shape index (κ1) is 23.0. The van der Waals surface area contributed by atoms with Crippen LogP contribution in [-0.2, 0) is 4.79 Å². The van der Waals surface area contributed by atoms with Crippen LogP contribution in [0.4, 0.5) is 14.9 Å². The third-order valence-electron chi connectivity index (χ3n) is 8.27. The number of urea groups is 1. The van der Waals surface area contributed by atoms with E-state index in [1.165, 1.54) is 12.1 Å². The molecule has 1 unspecified atom stereocenters. The molecule has 0 aromatic heterocycles. The Morgan fingerprint density at radius 3 is 2.56 bits per heavy atom. The molecule has 7 atom stereocenters. The van der Waals surface area contributed by atoms with Gasteiger partial charge >= 0.3 is 6.03 Å². The first-order chi connectivity index (χ1) is 15.2. The predicted molar refractivity (Wildman–Crippen MR) is 121 cm³/mol. The molecule has 0 radical (unpaired) electrons. The lowest BCUT2D eigenvalue weighted by Gasteiger charge is -2.56. The zero-order chi connectivity index (χ0) is 23.0. The van der Waals surface area contributed by atoms with Crippen LogP contribution < -0.4 is 16.0 Å². The molecule has 7 heteroatoms. The minimum atomic E-state index is -0.584. The first-order valence-electron chi connectivity index (χ1n) is 12.0. The van der Waals surface area contributed by atoms with E-state index in [4.69, 9.17) is 0 Å². The van der Waals surface area contributed by atoms with Gasteiger partial charge in [0.1, 0.15) is 5.82 Å². The summed E-state index contributed by atoms with van der Waals surface area (Å²) in [7, 11) is 0. The summed E-state index contributed by atoms with van der Waals surface area (Å²) in [5.41, 5.74) is 0.406. The van der Waals surface area contributed by atoms with Gasteiger partial charge in [0.15, 0.2) is 0 Å². The van der Waals surface area contributed by atoms with Gasteiger partial charge < -0.3 is 21.1 Å². The van der Waals surface area contributed by atoms with E-state index in [0.717, 1.165) is 38.5 Å². The van der Waals surface area contributed by atoms with Gasteiger partial charge in [-0.05, 0) is 79.9 Å². The molecule has 176 valence electrons. The lowest BCUT2D eigenvalue weighted by atomic mass is 9.52. The van der Waals surface area contributed by atoms with Crippen molar-refractivity contribution in [1.82, 2.24) is 10.6 Å². The molecule has 3 aliphatic rings. The zero-order valence-electron chi connectivity index (χ0n) is 19.2. The van der Waals surface area contributed by atoms with Crippen LogP contribution in [0.3, 0.4) is 0 Å². The highest BCUT2D eigenvalue weighted by atomic mass is 19.1. The normalized spacial score (nSPS) is 35.3. The Bertz CT molecular complexity index is 861. The number of anilines is 1. The van der Waals surface area contributed by atoms with Crippen LogP contribution in [0.25, 0.3) is 0 Å². The monoisotopic (exact) mass is 445 g/mol. The molecular weight excluding hydrogens is 409 g/mol. The van der Waals surface area contributed by atoms with Crippen molar-refractivity contribution in [2.24, 2.45) is 29.1 Å². The fourth-order valence-corrected chi connectivity index (χ4v) is 6.15. The van der Waals surface area contributed by atoms with Crippen LogP contribution in [0, 0.1) is 34.9 Å². The molecule has 3 saturated carbocycles. The molecule has 4 N–H and O–H groups in total. The maximum Gasteiger partial charge on any atom is 0.319 e. The van der Waals surface area contributed by atoms with Gasteiger partial charge in [0.25, 0.3) is 0 Å². The van der Waals surface area contributed by atoms with Gasteiger partial charge in [0.2, 0.25) is 5.91 Å². The molecule has 1 aromatic rings. The standard InChI is InChI=1S/C25H36FN3O3/c1-14(23(31)27-17-7-8-17)19-9-11-25(3)12-10-20(15(2)21(25)22(19)30)29-24(32)28-18-6-4-5-16(26)13-18/h4-6,13-15,17,19-22,30H,7-12H2,1-3H3,(H,27,31)(H2,28,29,32)/t14-,15+,19?,20-,21+,22-,25-/m0/s1. The Morgan fingerprint density at radius 1 is 1.16 bits per heavy atom. The van der Waals surface area contributed by atoms with Crippen LogP contribution in [0.1, 0.15) is 59.3 Å². The number of halogens is 1. The van der Waals surface area contributed by atoms with Crippen LogP contribution >= 0.6 is 0 Å². The fourth-order valence-electron chi connectivity index (χ4n) is 6.15. The molecule has 0 aliphatic heterocycles. The lowest BCUT2D eigenvalue weighted by Crippen LogP contribution is -2.59. The Kier molecular flexibility index (Phi) is 6.48. The molecule has 0 heterocycles. The second kappa shape index (κ2) is 9.00. The highest BCUT2D eigenvalue weighted by molar-refractivity contribution is 5.89. The number of aliphatic hydroxyl groups is 1. The van der Waals surface area contributed by atoms with E-state index in [1.54, 1.807) is 12.1 Å². The van der Waals surface area contributed by atoms with E-state index in [2.05, 4.69) is 29.8 Å². The van der Waals surface area contributed by atoms with E-state index in [0.29, 0.717) is 11.7 Å². The topological polar surface area (TPSA) is 90.5 Å². The molecular formula is C25H36FN3O3. The maximum absolute atomic E-state index is 13.4. The van der Waals surface area contributed by atoms with Gasteiger partial charge in [-0.2, -0.15) is 0 Å². The van der Waals surface area contributed by atoms with Gasteiger partial charge in [0, 0.05) is 23.7 Å². The van der Waals surface area contributed by atoms with Crippen LogP contribution in [-0.4, -0.2) is 35.2 Å². The van der Waals surface area contributed by atoms with Gasteiger partial charge in [-0.1, -0.05) is 26.8 Å². The fraction of sp³-hybridized carbons (Fsp3) is 0.680. The van der Waals surface area contributed by atoms with E-state index in [1.807, 2.05) is 6.92 Å². The smallest absolute Gasteiger partial charge is 0.319 e. The number of carbonyl (C=O) groups excluding carboxylic acids is 2. The van der Waals surface area contributed by atoms with Crippen molar-refractivity contribution in [2.45, 2.75) is 77.5 Å². The zero-order valence-corrected chi connectivity index (χ0v) is 19.2. The van der Waals surface area contributed by atoms with Crippen molar-refractivity contribution in [3.63, 3.8) is 0 Å². The highest BCUT2D eigenvalue weighted by Crippen LogP contribution is 2.55. The van der Waals surface area contributed by atoms with Gasteiger partial charge in [-0.15, -0.1) is 0 Å². The summed E-state index contributed by atoms with van der Waals surface area (Å²) in [5.74, 6) is -0.594. The molecule has 4 rings (SSSR count). The second-order valence-electron chi connectivity index (χ2n) is 10.6. The molecule has 6 nitrogen and oxygen atoms in total. The number of fused-ring (bicyclic) bond motifs is 1. The number of hydrogen-bond donors (Lipinski definition) is 4. The number of nitrogens with one attached hydrogen (secondary N) is 3. The Balaban J connectivity index is 1.42. The molecule has 3 aliphatic carbocycles. The third kappa shape index (κ3) is 4.77. The summed E-state index contributed by atoms with van der Waals surface area (Å²) >= 11 is 0. The lowest BCUT2D eigenvalue weighted by molar-refractivity contribution is -0.142. The molecule has 32 heavy (non-hydrogen) atoms. The van der Waals surface area contributed by atoms with E-state index >= 15 is 0 Å². The summed E-state index contributed by atoms with van der Waals surface area (Å²) in [5, 5.41) is 20.3. The van der Waals surface area contributed by atoms with Crippen molar-refractivity contribution in [1.29, 1.82) is 0 Å². The highest BCUT2D eigenvalue weighted by Gasteiger charge is 2.54. The van der Waals surface area contributed by atoms with Crippen LogP contribution in [0.2, 0.25) is 0 Å². The first-order valence-corrected chi connectivity index (χ1v) is 12.0. The summed E-state index contributed by atoms with van der Waals surface area (Å²) < 4.78 is 13.4. The van der Waals surface area contributed by atoms with Crippen molar-refractivity contribution >= 4 is 17.6 Å². The van der Waals surface area contributed by atoms with Crippen molar-refractivity contribution in [2.75, 3.05) is 5.32 Å². The average Bonchev–Trinajstić information content (AvgIpc) is 3.54. The Morgan fingerprint density at radius 2 is 1.88 bits per heavy atom. The average molecular weight is 446 g/mol. The number of aliphatic hydroxyl groups excluding tert-OH is 1. The van der Waals surface area contributed by atoms with Gasteiger partial charge in [0.05, 0.1) is 6.10 Å².